The van der Waals surface area contributed by atoms with Gasteiger partial charge in [0.15, 0.2) is 11.5 Å². The molecule has 0 aliphatic heterocycles. The molecule has 0 fully saturated rings. The summed E-state index contributed by atoms with van der Waals surface area (Å²) in [4.78, 5) is 4.45. The number of fused-ring (bicyclic) bond motifs is 2. The topological polar surface area (TPSA) is 61.2 Å². The molecule has 0 aliphatic carbocycles. The summed E-state index contributed by atoms with van der Waals surface area (Å²) in [6, 6.07) is 18.4. The largest absolute Gasteiger partial charge is 0.493 e. The molecule has 0 aliphatic rings. The van der Waals surface area contributed by atoms with Gasteiger partial charge in [0.1, 0.15) is 5.82 Å². The van der Waals surface area contributed by atoms with E-state index in [-0.39, 0.29) is 18.2 Å². The van der Waals surface area contributed by atoms with E-state index in [2.05, 4.69) is 15.4 Å². The van der Waals surface area contributed by atoms with Gasteiger partial charge in [-0.05, 0) is 36.4 Å². The maximum Gasteiger partial charge on any atom is 0.162 e. The molecule has 1 N–H and O–H groups in total. The van der Waals surface area contributed by atoms with Crippen molar-refractivity contribution in [2.75, 3.05) is 19.5 Å². The molecule has 0 radical (unpaired) electrons. The summed E-state index contributed by atoms with van der Waals surface area (Å²) in [7, 11) is 3.22. The second kappa shape index (κ2) is 9.34. The number of pyridine rings is 1. The first-order valence-corrected chi connectivity index (χ1v) is 10.1. The molecule has 8 heteroatoms. The van der Waals surface area contributed by atoms with Crippen LogP contribution in [0.3, 0.4) is 0 Å². The van der Waals surface area contributed by atoms with Crippen molar-refractivity contribution < 1.29 is 13.9 Å². The molecular formula is C25H22ClFN4O2. The number of aromatic nitrogens is 3. The fraction of sp³-hybridized carbons (Fsp3) is 0.120. The molecule has 6 nitrogen and oxygen atoms in total. The van der Waals surface area contributed by atoms with Gasteiger partial charge in [0.2, 0.25) is 0 Å². The Labute approximate surface area is 196 Å². The predicted molar refractivity (Wildman–Crippen MR) is 131 cm³/mol. The molecule has 0 saturated carbocycles. The highest BCUT2D eigenvalue weighted by Gasteiger charge is 2.11. The number of halogens is 2. The van der Waals surface area contributed by atoms with Gasteiger partial charge >= 0.3 is 0 Å². The summed E-state index contributed by atoms with van der Waals surface area (Å²) in [6.45, 7) is 0.375. The molecule has 0 amide bonds. The highest BCUT2D eigenvalue weighted by atomic mass is 35.5. The molecule has 3 aromatic carbocycles. The van der Waals surface area contributed by atoms with Crippen molar-refractivity contribution in [2.45, 2.75) is 6.54 Å². The van der Waals surface area contributed by atoms with Gasteiger partial charge in [0.05, 0.1) is 38.0 Å². The third-order valence-corrected chi connectivity index (χ3v) is 5.45. The number of rotatable bonds is 6. The van der Waals surface area contributed by atoms with Crippen molar-refractivity contribution in [3.05, 3.63) is 84.4 Å². The van der Waals surface area contributed by atoms with Crippen LogP contribution in [0.2, 0.25) is 0 Å². The Hall–Kier alpha value is -3.84. The Kier molecular flexibility index (Phi) is 6.33. The molecule has 5 aromatic rings. The van der Waals surface area contributed by atoms with Crippen molar-refractivity contribution in [1.82, 2.24) is 14.8 Å². The minimum absolute atomic E-state index is 0. The van der Waals surface area contributed by atoms with Crippen molar-refractivity contribution in [1.29, 1.82) is 0 Å². The zero-order valence-electron chi connectivity index (χ0n) is 18.1. The summed E-state index contributed by atoms with van der Waals surface area (Å²) in [5.41, 5.74) is 4.14. The molecule has 168 valence electrons. The average Bonchev–Trinajstić information content (AvgIpc) is 3.21. The van der Waals surface area contributed by atoms with E-state index in [1.807, 2.05) is 42.5 Å². The number of ether oxygens (including phenoxy) is 2. The zero-order chi connectivity index (χ0) is 22.1. The average molecular weight is 465 g/mol. The van der Waals surface area contributed by atoms with Crippen molar-refractivity contribution >= 4 is 45.6 Å². The number of hydrogen-bond donors (Lipinski definition) is 1. The quantitative estimate of drug-likeness (QED) is 0.336. The van der Waals surface area contributed by atoms with Gasteiger partial charge in [-0.25, -0.2) is 4.39 Å². The zero-order valence-corrected chi connectivity index (χ0v) is 18.9. The van der Waals surface area contributed by atoms with E-state index < -0.39 is 0 Å². The van der Waals surface area contributed by atoms with E-state index >= 15 is 0 Å². The first-order valence-electron chi connectivity index (χ1n) is 10.1. The molecule has 0 saturated heterocycles. The fourth-order valence-corrected chi connectivity index (χ4v) is 3.82. The van der Waals surface area contributed by atoms with Crippen LogP contribution in [-0.4, -0.2) is 29.0 Å². The number of nitrogens with zero attached hydrogens (tertiary/aromatic N) is 3. The Morgan fingerprint density at radius 1 is 0.970 bits per heavy atom. The molecule has 2 heterocycles. The van der Waals surface area contributed by atoms with Crippen LogP contribution in [0.4, 0.5) is 15.8 Å². The second-order valence-electron chi connectivity index (χ2n) is 7.38. The van der Waals surface area contributed by atoms with Crippen molar-refractivity contribution in [2.24, 2.45) is 0 Å². The van der Waals surface area contributed by atoms with Crippen molar-refractivity contribution in [3.8, 4) is 11.5 Å². The molecule has 0 atom stereocenters. The third kappa shape index (κ3) is 4.27. The maximum absolute atomic E-state index is 14.0. The Balaban J connectivity index is 0.00000259. The Morgan fingerprint density at radius 2 is 1.76 bits per heavy atom. The van der Waals surface area contributed by atoms with E-state index in [1.54, 1.807) is 43.4 Å². The van der Waals surface area contributed by atoms with E-state index in [0.29, 0.717) is 23.6 Å². The van der Waals surface area contributed by atoms with Crippen molar-refractivity contribution in [3.63, 3.8) is 0 Å². The summed E-state index contributed by atoms with van der Waals surface area (Å²) < 4.78 is 26.7. The summed E-state index contributed by atoms with van der Waals surface area (Å²) in [6.07, 6.45) is 3.54. The molecular weight excluding hydrogens is 443 g/mol. The number of hydrogen-bond acceptors (Lipinski definition) is 5. The van der Waals surface area contributed by atoms with Gasteiger partial charge in [0.25, 0.3) is 0 Å². The van der Waals surface area contributed by atoms with E-state index in [0.717, 1.165) is 33.2 Å². The lowest BCUT2D eigenvalue weighted by Crippen LogP contribution is -2.03. The van der Waals surface area contributed by atoms with Gasteiger partial charge in [-0.15, -0.1) is 12.4 Å². The van der Waals surface area contributed by atoms with Crippen LogP contribution in [0.1, 0.15) is 5.56 Å². The minimum Gasteiger partial charge on any atom is -0.493 e. The van der Waals surface area contributed by atoms with E-state index in [1.165, 1.54) is 6.07 Å². The molecule has 0 bridgehead atoms. The van der Waals surface area contributed by atoms with Crippen LogP contribution >= 0.6 is 12.4 Å². The van der Waals surface area contributed by atoms with E-state index in [4.69, 9.17) is 9.47 Å². The normalized spacial score (nSPS) is 10.8. The maximum atomic E-state index is 14.0. The van der Waals surface area contributed by atoms with Crippen LogP contribution < -0.4 is 14.8 Å². The predicted octanol–water partition coefficient (Wildman–Crippen LogP) is 5.95. The first-order chi connectivity index (χ1) is 15.7. The third-order valence-electron chi connectivity index (χ3n) is 5.45. The number of anilines is 2. The molecule has 33 heavy (non-hydrogen) atoms. The Bertz CT molecular complexity index is 1440. The van der Waals surface area contributed by atoms with Crippen LogP contribution in [0, 0.1) is 5.82 Å². The van der Waals surface area contributed by atoms with Gasteiger partial charge in [0, 0.05) is 40.0 Å². The fourth-order valence-electron chi connectivity index (χ4n) is 3.82. The molecule has 2 aromatic heterocycles. The van der Waals surface area contributed by atoms with Crippen LogP contribution in [0.25, 0.3) is 21.8 Å². The van der Waals surface area contributed by atoms with E-state index in [9.17, 15) is 4.39 Å². The van der Waals surface area contributed by atoms with Gasteiger partial charge in [-0.1, -0.05) is 18.2 Å². The monoisotopic (exact) mass is 464 g/mol. The lowest BCUT2D eigenvalue weighted by Gasteiger charge is -2.13. The number of benzene rings is 3. The number of nitrogens with one attached hydrogen (secondary N) is 1. The smallest absolute Gasteiger partial charge is 0.162 e. The standard InChI is InChI=1S/C25H21FN4O2.ClH/c1-31-24-12-19-21(9-10-27-22(19)13-25(24)32-2)29-18-7-8-23-17(11-18)14-28-30(23)15-16-5-3-4-6-20(16)26;/h3-14H,15H2,1-2H3,(H,27,29);1H. The van der Waals surface area contributed by atoms with Gasteiger partial charge < -0.3 is 14.8 Å². The molecule has 0 unspecified atom stereocenters. The lowest BCUT2D eigenvalue weighted by molar-refractivity contribution is 0.356. The SMILES string of the molecule is COc1cc2nccc(Nc3ccc4c(cnn4Cc4ccccc4F)c3)c2cc1OC.Cl. The minimum atomic E-state index is -0.230. The van der Waals surface area contributed by atoms with Crippen LogP contribution in [0.5, 0.6) is 11.5 Å². The van der Waals surface area contributed by atoms with Gasteiger partial charge in [-0.2, -0.15) is 5.10 Å². The first kappa shape index (κ1) is 22.4. The highest BCUT2D eigenvalue weighted by molar-refractivity contribution is 5.95. The highest BCUT2D eigenvalue weighted by Crippen LogP contribution is 2.35. The summed E-state index contributed by atoms with van der Waals surface area (Å²) in [5.74, 6) is 1.04. The molecule has 5 rings (SSSR count). The molecule has 0 spiro atoms. The van der Waals surface area contributed by atoms with Gasteiger partial charge in [-0.3, -0.25) is 9.67 Å². The number of methoxy groups -OCH3 is 2. The van der Waals surface area contributed by atoms with Crippen LogP contribution in [-0.2, 0) is 6.54 Å². The summed E-state index contributed by atoms with van der Waals surface area (Å²) in [5, 5.41) is 9.79. The van der Waals surface area contributed by atoms with Crippen LogP contribution in [0.15, 0.2) is 73.1 Å². The summed E-state index contributed by atoms with van der Waals surface area (Å²) >= 11 is 0. The second-order valence-corrected chi connectivity index (χ2v) is 7.38. The Morgan fingerprint density at radius 3 is 2.55 bits per heavy atom. The lowest BCUT2D eigenvalue weighted by atomic mass is 10.1.